The van der Waals surface area contributed by atoms with Crippen LogP contribution in [-0.4, -0.2) is 123 Å². The highest BCUT2D eigenvalue weighted by molar-refractivity contribution is 7.13. The van der Waals surface area contributed by atoms with Gasteiger partial charge >= 0.3 is 0 Å². The number of aryl methyl sites for hydroxylation is 1. The lowest BCUT2D eigenvalue weighted by Crippen LogP contribution is -2.57. The SMILES string of the molecule is CC[C@@H]1c2nncn2-c2cnc(Nc3ccc(C(=O)NCCOCCOCCC(=O)N[C@H](C(=O)N4CCC[C@H]4C(=O)NCc4ccc(-c5scnc5C)cc4)C(C)(C)C)cc3OC)nc2N1C1CCCC1. The highest BCUT2D eigenvalue weighted by atomic mass is 32.1. The van der Waals surface area contributed by atoms with E-state index in [1.54, 1.807) is 54.1 Å². The Morgan fingerprint density at radius 2 is 1.70 bits per heavy atom. The Balaban J connectivity index is 0.737. The summed E-state index contributed by atoms with van der Waals surface area (Å²) in [5, 5.41) is 20.8. The molecule has 3 aromatic heterocycles. The van der Waals surface area contributed by atoms with E-state index in [9.17, 15) is 19.2 Å². The van der Waals surface area contributed by atoms with Crippen molar-refractivity contribution < 1.29 is 33.4 Å². The molecular formula is C51H66N12O7S. The van der Waals surface area contributed by atoms with Crippen molar-refractivity contribution in [3.8, 4) is 21.9 Å². The number of thiazole rings is 1. The molecule has 3 aliphatic rings. The number of carbonyl (C=O) groups is 4. The first-order valence-corrected chi connectivity index (χ1v) is 25.5. The fraction of sp³-hybridized carbons (Fsp3) is 0.510. The van der Waals surface area contributed by atoms with Crippen LogP contribution in [-0.2, 0) is 30.4 Å². The molecule has 3 atom stereocenters. The molecule has 0 bridgehead atoms. The van der Waals surface area contributed by atoms with Gasteiger partial charge in [-0.3, -0.25) is 23.7 Å². The summed E-state index contributed by atoms with van der Waals surface area (Å²) in [5.74, 6) is 1.51. The summed E-state index contributed by atoms with van der Waals surface area (Å²) < 4.78 is 19.0. The van der Waals surface area contributed by atoms with Gasteiger partial charge in [-0.05, 0) is 73.8 Å². The Labute approximate surface area is 418 Å². The minimum atomic E-state index is -0.831. The number of benzene rings is 2. The first-order valence-electron chi connectivity index (χ1n) is 24.7. The molecule has 1 saturated carbocycles. The number of carbonyl (C=O) groups excluding carboxylic acids is 4. The maximum Gasteiger partial charge on any atom is 0.251 e. The van der Waals surface area contributed by atoms with Crippen molar-refractivity contribution >= 4 is 52.4 Å². The third-order valence-corrected chi connectivity index (χ3v) is 14.3. The van der Waals surface area contributed by atoms with Crippen LogP contribution >= 0.6 is 11.3 Å². The molecular weight excluding hydrogens is 925 g/mol. The molecule has 0 spiro atoms. The molecule has 71 heavy (non-hydrogen) atoms. The smallest absolute Gasteiger partial charge is 0.251 e. The summed E-state index contributed by atoms with van der Waals surface area (Å²) in [5.41, 5.74) is 6.11. The minimum absolute atomic E-state index is 0.0443. The van der Waals surface area contributed by atoms with E-state index in [0.29, 0.717) is 54.9 Å². The van der Waals surface area contributed by atoms with Crippen LogP contribution in [0.4, 0.5) is 17.5 Å². The Morgan fingerprint density at radius 1 is 0.930 bits per heavy atom. The average molecular weight is 991 g/mol. The molecule has 1 aliphatic carbocycles. The van der Waals surface area contributed by atoms with Gasteiger partial charge in [0, 0.05) is 37.7 Å². The summed E-state index contributed by atoms with van der Waals surface area (Å²) in [6, 6.07) is 12.1. The van der Waals surface area contributed by atoms with Crippen molar-refractivity contribution in [3.63, 3.8) is 0 Å². The lowest BCUT2D eigenvalue weighted by atomic mass is 9.85. The molecule has 20 heteroatoms. The highest BCUT2D eigenvalue weighted by Crippen LogP contribution is 2.43. The standard InChI is InChI=1S/C51H66N12O7S/c1-7-38-46-60-56-30-62(46)40-29-54-50(59-45(40)63(38)36-11-8-9-12-36)57-37-19-18-35(27-41(37)68-6)47(65)52-21-24-70-26-25-69-23-20-42(64)58-44(51(3,4)5)49(67)61-22-10-13-39(61)48(66)53-28-33-14-16-34(17-15-33)43-32(2)55-31-71-43/h14-19,27,29-31,36,38-39,44H,7-13,20-26,28H2,1-6H3,(H,52,65)(H,53,66)(H,58,64)(H,54,57,59)/t38-,39+,44-/m1/s1. The molecule has 378 valence electrons. The first kappa shape index (κ1) is 50.9. The molecule has 2 aromatic carbocycles. The fourth-order valence-corrected chi connectivity index (χ4v) is 10.4. The number of fused-ring (bicyclic) bond motifs is 3. The Bertz CT molecular complexity index is 2640. The van der Waals surface area contributed by atoms with Crippen LogP contribution in [0.15, 0.2) is 60.5 Å². The molecule has 2 fully saturated rings. The normalized spacial score (nSPS) is 17.1. The Kier molecular flexibility index (Phi) is 16.6. The predicted molar refractivity (Wildman–Crippen MR) is 270 cm³/mol. The zero-order valence-corrected chi connectivity index (χ0v) is 42.3. The zero-order chi connectivity index (χ0) is 50.1. The molecule has 8 rings (SSSR count). The molecule has 0 radical (unpaired) electrons. The number of aromatic nitrogens is 6. The van der Waals surface area contributed by atoms with E-state index in [1.165, 1.54) is 12.8 Å². The summed E-state index contributed by atoms with van der Waals surface area (Å²) in [7, 11) is 1.55. The number of anilines is 3. The number of nitrogens with one attached hydrogen (secondary N) is 4. The third kappa shape index (κ3) is 12.0. The molecule has 0 unspecified atom stereocenters. The zero-order valence-electron chi connectivity index (χ0n) is 41.5. The summed E-state index contributed by atoms with van der Waals surface area (Å²) in [6.07, 6.45) is 10.2. The van der Waals surface area contributed by atoms with Crippen molar-refractivity contribution in [2.45, 2.75) is 117 Å². The van der Waals surface area contributed by atoms with Crippen LogP contribution in [0.5, 0.6) is 5.75 Å². The predicted octanol–water partition coefficient (Wildman–Crippen LogP) is 6.45. The average Bonchev–Trinajstić information content (AvgIpc) is 4.23. The molecule has 19 nitrogen and oxygen atoms in total. The second kappa shape index (κ2) is 23.1. The molecule has 4 N–H and O–H groups in total. The van der Waals surface area contributed by atoms with Gasteiger partial charge in [0.25, 0.3) is 5.91 Å². The molecule has 4 amide bonds. The summed E-state index contributed by atoms with van der Waals surface area (Å²) in [6.45, 7) is 11.8. The fourth-order valence-electron chi connectivity index (χ4n) is 9.60. The van der Waals surface area contributed by atoms with Crippen molar-refractivity contribution in [3.05, 3.63) is 83.1 Å². The van der Waals surface area contributed by atoms with Gasteiger partial charge in [-0.2, -0.15) is 4.98 Å². The quantitative estimate of drug-likeness (QED) is 0.0582. The van der Waals surface area contributed by atoms with Crippen LogP contribution in [0.1, 0.15) is 113 Å². The van der Waals surface area contributed by atoms with E-state index in [2.05, 4.69) is 53.3 Å². The number of methoxy groups -OCH3 is 1. The van der Waals surface area contributed by atoms with Gasteiger partial charge in [0.1, 0.15) is 29.8 Å². The van der Waals surface area contributed by atoms with E-state index in [1.807, 2.05) is 62.0 Å². The van der Waals surface area contributed by atoms with Gasteiger partial charge in [-0.1, -0.05) is 64.8 Å². The second-order valence-electron chi connectivity index (χ2n) is 19.2. The van der Waals surface area contributed by atoms with Gasteiger partial charge in [-0.25, -0.2) is 9.97 Å². The number of nitrogens with zero attached hydrogens (tertiary/aromatic N) is 8. The molecule has 1 saturated heterocycles. The first-order chi connectivity index (χ1) is 34.3. The van der Waals surface area contributed by atoms with E-state index in [4.69, 9.17) is 19.2 Å². The van der Waals surface area contributed by atoms with Crippen molar-refractivity contribution in [1.82, 2.24) is 50.6 Å². The summed E-state index contributed by atoms with van der Waals surface area (Å²) in [4.78, 5) is 72.7. The Morgan fingerprint density at radius 3 is 2.42 bits per heavy atom. The van der Waals surface area contributed by atoms with Crippen LogP contribution < -0.4 is 30.9 Å². The molecule has 2 aliphatic heterocycles. The topological polar surface area (TPSA) is 220 Å². The van der Waals surface area contributed by atoms with Crippen LogP contribution in [0, 0.1) is 12.3 Å². The van der Waals surface area contributed by atoms with Gasteiger partial charge in [-0.15, -0.1) is 21.5 Å². The van der Waals surface area contributed by atoms with Gasteiger partial charge in [0.2, 0.25) is 23.7 Å². The lowest BCUT2D eigenvalue weighted by molar-refractivity contribution is -0.144. The monoisotopic (exact) mass is 990 g/mol. The highest BCUT2D eigenvalue weighted by Gasteiger charge is 2.42. The molecule has 5 heterocycles. The van der Waals surface area contributed by atoms with Crippen LogP contribution in [0.3, 0.4) is 0 Å². The lowest BCUT2D eigenvalue weighted by Gasteiger charge is -2.40. The minimum Gasteiger partial charge on any atom is -0.495 e. The number of rotatable bonds is 21. The van der Waals surface area contributed by atoms with Crippen molar-refractivity contribution in [2.75, 3.05) is 56.8 Å². The second-order valence-corrected chi connectivity index (χ2v) is 20.1. The van der Waals surface area contributed by atoms with Gasteiger partial charge < -0.3 is 45.3 Å². The number of amides is 4. The number of ether oxygens (including phenoxy) is 3. The van der Waals surface area contributed by atoms with Gasteiger partial charge in [0.05, 0.1) is 67.5 Å². The molecule has 5 aromatic rings. The van der Waals surface area contributed by atoms with Gasteiger partial charge in [0.15, 0.2) is 11.6 Å². The largest absolute Gasteiger partial charge is 0.495 e. The van der Waals surface area contributed by atoms with E-state index < -0.39 is 17.5 Å². The maximum absolute atomic E-state index is 14.0. The summed E-state index contributed by atoms with van der Waals surface area (Å²) >= 11 is 1.59. The van der Waals surface area contributed by atoms with E-state index in [0.717, 1.165) is 58.3 Å². The van der Waals surface area contributed by atoms with Crippen LogP contribution in [0.2, 0.25) is 0 Å². The number of hydrogen-bond donors (Lipinski definition) is 4. The van der Waals surface area contributed by atoms with E-state index >= 15 is 0 Å². The number of likely N-dealkylation sites (tertiary alicyclic amines) is 1. The van der Waals surface area contributed by atoms with Crippen molar-refractivity contribution in [2.24, 2.45) is 5.41 Å². The van der Waals surface area contributed by atoms with Crippen molar-refractivity contribution in [1.29, 1.82) is 0 Å². The maximum atomic E-state index is 14.0. The van der Waals surface area contributed by atoms with E-state index in [-0.39, 0.29) is 69.1 Å². The Hall–Kier alpha value is -6.51. The van der Waals surface area contributed by atoms with Crippen LogP contribution in [0.25, 0.3) is 16.1 Å². The third-order valence-electron chi connectivity index (χ3n) is 13.3. The number of hydrogen-bond acceptors (Lipinski definition) is 15.